The SMILES string of the molecule is Cc1nn(C)c(C)c1C(=O)N1CCN(CC(=O)O)CC1. The summed E-state index contributed by atoms with van der Waals surface area (Å²) in [4.78, 5) is 26.8. The van der Waals surface area contributed by atoms with Gasteiger partial charge in [-0.15, -0.1) is 0 Å². The Morgan fingerprint density at radius 1 is 1.20 bits per heavy atom. The summed E-state index contributed by atoms with van der Waals surface area (Å²) in [7, 11) is 1.82. The van der Waals surface area contributed by atoms with Crippen LogP contribution in [0.4, 0.5) is 0 Å². The number of hydrogen-bond donors (Lipinski definition) is 1. The molecule has 1 amide bonds. The number of carboxylic acids is 1. The maximum atomic E-state index is 12.5. The van der Waals surface area contributed by atoms with Crippen molar-refractivity contribution >= 4 is 11.9 Å². The Morgan fingerprint density at radius 2 is 1.80 bits per heavy atom. The molecule has 0 radical (unpaired) electrons. The molecule has 1 aliphatic rings. The first-order valence-corrected chi connectivity index (χ1v) is 6.63. The topological polar surface area (TPSA) is 78.7 Å². The molecule has 0 spiro atoms. The summed E-state index contributed by atoms with van der Waals surface area (Å²) in [6, 6.07) is 0. The standard InChI is InChI=1S/C13H20N4O3/c1-9-12(10(2)15(3)14-9)13(20)17-6-4-16(5-7-17)8-11(18)19/h4-8H2,1-3H3,(H,18,19). The van der Waals surface area contributed by atoms with Gasteiger partial charge in [-0.3, -0.25) is 19.2 Å². The fraction of sp³-hybridized carbons (Fsp3) is 0.615. The van der Waals surface area contributed by atoms with Crippen LogP contribution in [0.25, 0.3) is 0 Å². The minimum absolute atomic E-state index is 0.0110. The molecule has 1 N–H and O–H groups in total. The van der Waals surface area contributed by atoms with Crippen molar-refractivity contribution in [2.75, 3.05) is 32.7 Å². The van der Waals surface area contributed by atoms with Crippen LogP contribution in [0.15, 0.2) is 0 Å². The lowest BCUT2D eigenvalue weighted by atomic mass is 10.1. The van der Waals surface area contributed by atoms with Gasteiger partial charge in [0.2, 0.25) is 0 Å². The number of hydrogen-bond acceptors (Lipinski definition) is 4. The molecular weight excluding hydrogens is 260 g/mol. The fourth-order valence-electron chi connectivity index (χ4n) is 2.54. The van der Waals surface area contributed by atoms with Crippen molar-refractivity contribution in [1.82, 2.24) is 19.6 Å². The Kier molecular flexibility index (Phi) is 4.08. The number of amides is 1. The van der Waals surface area contributed by atoms with E-state index in [9.17, 15) is 9.59 Å². The van der Waals surface area contributed by atoms with Gasteiger partial charge >= 0.3 is 5.97 Å². The van der Waals surface area contributed by atoms with E-state index in [0.717, 1.165) is 11.4 Å². The highest BCUT2D eigenvalue weighted by molar-refractivity contribution is 5.96. The molecule has 110 valence electrons. The quantitative estimate of drug-likeness (QED) is 0.835. The number of rotatable bonds is 3. The highest BCUT2D eigenvalue weighted by Crippen LogP contribution is 2.16. The molecular formula is C13H20N4O3. The molecule has 1 fully saturated rings. The second-order valence-corrected chi connectivity index (χ2v) is 5.13. The Balaban J connectivity index is 2.03. The highest BCUT2D eigenvalue weighted by Gasteiger charge is 2.26. The molecule has 1 aromatic rings. The highest BCUT2D eigenvalue weighted by atomic mass is 16.4. The van der Waals surface area contributed by atoms with E-state index in [4.69, 9.17) is 5.11 Å². The van der Waals surface area contributed by atoms with Gasteiger partial charge in [0.25, 0.3) is 5.91 Å². The molecule has 7 heteroatoms. The molecule has 1 saturated heterocycles. The van der Waals surface area contributed by atoms with Gasteiger partial charge in [-0.05, 0) is 13.8 Å². The molecule has 0 bridgehead atoms. The van der Waals surface area contributed by atoms with E-state index in [-0.39, 0.29) is 12.5 Å². The molecule has 0 unspecified atom stereocenters. The monoisotopic (exact) mass is 280 g/mol. The van der Waals surface area contributed by atoms with Crippen LogP contribution >= 0.6 is 0 Å². The zero-order valence-electron chi connectivity index (χ0n) is 12.1. The van der Waals surface area contributed by atoms with Crippen LogP contribution in [0.2, 0.25) is 0 Å². The average molecular weight is 280 g/mol. The van der Waals surface area contributed by atoms with E-state index in [0.29, 0.717) is 31.7 Å². The van der Waals surface area contributed by atoms with E-state index in [1.165, 1.54) is 0 Å². The van der Waals surface area contributed by atoms with Crippen molar-refractivity contribution in [2.45, 2.75) is 13.8 Å². The summed E-state index contributed by atoms with van der Waals surface area (Å²) in [5.41, 5.74) is 2.27. The van der Waals surface area contributed by atoms with Crippen molar-refractivity contribution < 1.29 is 14.7 Å². The van der Waals surface area contributed by atoms with Gasteiger partial charge in [-0.25, -0.2) is 0 Å². The van der Waals surface area contributed by atoms with Gasteiger partial charge < -0.3 is 10.0 Å². The van der Waals surface area contributed by atoms with Gasteiger partial charge in [0.05, 0.1) is 17.8 Å². The average Bonchev–Trinajstić information content (AvgIpc) is 2.63. The van der Waals surface area contributed by atoms with E-state index >= 15 is 0 Å². The lowest BCUT2D eigenvalue weighted by Gasteiger charge is -2.33. The third kappa shape index (κ3) is 2.82. The minimum Gasteiger partial charge on any atom is -0.480 e. The third-order valence-corrected chi connectivity index (χ3v) is 3.74. The summed E-state index contributed by atoms with van der Waals surface area (Å²) >= 11 is 0. The Bertz CT molecular complexity index is 530. The zero-order valence-corrected chi connectivity index (χ0v) is 12.1. The molecule has 0 atom stereocenters. The summed E-state index contributed by atoms with van der Waals surface area (Å²) in [6.07, 6.45) is 0. The van der Waals surface area contributed by atoms with Crippen molar-refractivity contribution in [3.63, 3.8) is 0 Å². The summed E-state index contributed by atoms with van der Waals surface area (Å²) in [5.74, 6) is -0.841. The summed E-state index contributed by atoms with van der Waals surface area (Å²) in [6.45, 7) is 6.05. The van der Waals surface area contributed by atoms with Gasteiger partial charge in [0.1, 0.15) is 0 Å². The number of aliphatic carboxylic acids is 1. The Labute approximate surface area is 117 Å². The van der Waals surface area contributed by atoms with E-state index in [1.807, 2.05) is 25.8 Å². The van der Waals surface area contributed by atoms with Crippen LogP contribution in [0.3, 0.4) is 0 Å². The number of piperazine rings is 1. The van der Waals surface area contributed by atoms with Crippen molar-refractivity contribution in [3.8, 4) is 0 Å². The smallest absolute Gasteiger partial charge is 0.317 e. The number of aromatic nitrogens is 2. The van der Waals surface area contributed by atoms with Crippen LogP contribution in [0, 0.1) is 13.8 Å². The van der Waals surface area contributed by atoms with E-state index in [2.05, 4.69) is 5.10 Å². The lowest BCUT2D eigenvalue weighted by molar-refractivity contribution is -0.138. The largest absolute Gasteiger partial charge is 0.480 e. The van der Waals surface area contributed by atoms with Gasteiger partial charge in [-0.1, -0.05) is 0 Å². The predicted octanol–water partition coefficient (Wildman–Crippen LogP) is -0.121. The van der Waals surface area contributed by atoms with Crippen LogP contribution in [-0.2, 0) is 11.8 Å². The maximum absolute atomic E-state index is 12.5. The normalized spacial score (nSPS) is 16.4. The maximum Gasteiger partial charge on any atom is 0.317 e. The fourth-order valence-corrected chi connectivity index (χ4v) is 2.54. The van der Waals surface area contributed by atoms with Gasteiger partial charge in [-0.2, -0.15) is 5.10 Å². The first kappa shape index (κ1) is 14.5. The predicted molar refractivity (Wildman–Crippen MR) is 72.7 cm³/mol. The van der Waals surface area contributed by atoms with Crippen molar-refractivity contribution in [2.24, 2.45) is 7.05 Å². The van der Waals surface area contributed by atoms with E-state index < -0.39 is 5.97 Å². The first-order valence-electron chi connectivity index (χ1n) is 6.63. The van der Waals surface area contributed by atoms with Crippen LogP contribution in [-0.4, -0.2) is 69.3 Å². The van der Waals surface area contributed by atoms with Gasteiger partial charge in [0, 0.05) is 38.9 Å². The second kappa shape index (κ2) is 5.62. The lowest BCUT2D eigenvalue weighted by Crippen LogP contribution is -2.50. The molecule has 2 rings (SSSR count). The minimum atomic E-state index is -0.830. The number of carbonyl (C=O) groups excluding carboxylic acids is 1. The Hall–Kier alpha value is -1.89. The molecule has 1 aromatic heterocycles. The number of aryl methyl sites for hydroxylation is 2. The molecule has 20 heavy (non-hydrogen) atoms. The van der Waals surface area contributed by atoms with E-state index in [1.54, 1.807) is 9.58 Å². The zero-order chi connectivity index (χ0) is 14.9. The number of nitrogens with zero attached hydrogens (tertiary/aromatic N) is 4. The second-order valence-electron chi connectivity index (χ2n) is 5.13. The molecule has 2 heterocycles. The Morgan fingerprint density at radius 3 is 2.25 bits per heavy atom. The van der Waals surface area contributed by atoms with Crippen molar-refractivity contribution in [3.05, 3.63) is 17.0 Å². The van der Waals surface area contributed by atoms with Crippen LogP contribution in [0.5, 0.6) is 0 Å². The van der Waals surface area contributed by atoms with Crippen molar-refractivity contribution in [1.29, 1.82) is 0 Å². The molecule has 0 aromatic carbocycles. The van der Waals surface area contributed by atoms with Crippen LogP contribution in [0.1, 0.15) is 21.7 Å². The first-order chi connectivity index (χ1) is 9.40. The molecule has 7 nitrogen and oxygen atoms in total. The molecule has 0 aliphatic carbocycles. The number of carbonyl (C=O) groups is 2. The van der Waals surface area contributed by atoms with Gasteiger partial charge in [0.15, 0.2) is 0 Å². The number of carboxylic acid groups (broad SMARTS) is 1. The van der Waals surface area contributed by atoms with Crippen LogP contribution < -0.4 is 0 Å². The third-order valence-electron chi connectivity index (χ3n) is 3.74. The molecule has 0 saturated carbocycles. The summed E-state index contributed by atoms with van der Waals surface area (Å²) < 4.78 is 1.71. The summed E-state index contributed by atoms with van der Waals surface area (Å²) in [5, 5.41) is 13.0. The molecule has 1 aliphatic heterocycles.